The Hall–Kier alpha value is -2.01. The molecule has 0 bridgehead atoms. The van der Waals surface area contributed by atoms with Crippen LogP contribution in [0.3, 0.4) is 0 Å². The average Bonchev–Trinajstić information content (AvgIpc) is 3.01. The van der Waals surface area contributed by atoms with Gasteiger partial charge < -0.3 is 9.67 Å². The first-order valence-electron chi connectivity index (χ1n) is 9.83. The Morgan fingerprint density at radius 2 is 1.68 bits per heavy atom. The number of rotatable bonds is 5. The molecule has 0 saturated heterocycles. The topological polar surface area (TPSA) is 50.9 Å². The van der Waals surface area contributed by atoms with Crippen molar-refractivity contribution in [3.8, 4) is 5.75 Å². The number of thioether (sulfide) groups is 1. The standard InChI is InChI=1S/C23H31N3OS/c1-22(2,3)17-12-16(13-18(21(17)27)23(4,5)6)28-11-7-10-26-15-25-19-14-24-9-8-20(19)26/h8-9,12-15,27H,7,10-11H2,1-6H3. The van der Waals surface area contributed by atoms with Gasteiger partial charge in [-0.15, -0.1) is 11.8 Å². The van der Waals surface area contributed by atoms with E-state index in [-0.39, 0.29) is 10.8 Å². The van der Waals surface area contributed by atoms with Crippen molar-refractivity contribution >= 4 is 22.8 Å². The van der Waals surface area contributed by atoms with Crippen LogP contribution in [0.15, 0.2) is 41.8 Å². The van der Waals surface area contributed by atoms with Gasteiger partial charge in [-0.2, -0.15) is 0 Å². The molecule has 28 heavy (non-hydrogen) atoms. The predicted molar refractivity (Wildman–Crippen MR) is 118 cm³/mol. The van der Waals surface area contributed by atoms with Crippen LogP contribution in [0.5, 0.6) is 5.75 Å². The molecule has 4 nitrogen and oxygen atoms in total. The van der Waals surface area contributed by atoms with Gasteiger partial charge >= 0.3 is 0 Å². The summed E-state index contributed by atoms with van der Waals surface area (Å²) in [5.41, 5.74) is 3.94. The minimum atomic E-state index is -0.0928. The zero-order chi connectivity index (χ0) is 20.5. The molecule has 3 rings (SSSR count). The molecular formula is C23H31N3OS. The van der Waals surface area contributed by atoms with E-state index < -0.39 is 0 Å². The van der Waals surface area contributed by atoms with E-state index in [1.165, 1.54) is 4.90 Å². The molecule has 1 N–H and O–H groups in total. The smallest absolute Gasteiger partial charge is 0.123 e. The molecule has 2 heterocycles. The number of aromatic nitrogens is 3. The van der Waals surface area contributed by atoms with Crippen LogP contribution in [0.4, 0.5) is 0 Å². The molecule has 0 amide bonds. The molecule has 1 aromatic carbocycles. The maximum absolute atomic E-state index is 10.9. The highest BCUT2D eigenvalue weighted by Gasteiger charge is 2.26. The van der Waals surface area contributed by atoms with Crippen molar-refractivity contribution in [2.24, 2.45) is 0 Å². The third-order valence-electron chi connectivity index (χ3n) is 4.93. The van der Waals surface area contributed by atoms with Crippen LogP contribution in [-0.4, -0.2) is 25.4 Å². The fraction of sp³-hybridized carbons (Fsp3) is 0.478. The van der Waals surface area contributed by atoms with E-state index in [0.717, 1.165) is 40.9 Å². The number of hydrogen-bond donors (Lipinski definition) is 1. The fourth-order valence-electron chi connectivity index (χ4n) is 3.35. The van der Waals surface area contributed by atoms with Crippen molar-refractivity contribution < 1.29 is 5.11 Å². The maximum atomic E-state index is 10.9. The van der Waals surface area contributed by atoms with Gasteiger partial charge in [0.05, 0.1) is 18.0 Å². The van der Waals surface area contributed by atoms with Crippen LogP contribution in [0.1, 0.15) is 59.1 Å². The first kappa shape index (κ1) is 20.7. The van der Waals surface area contributed by atoms with Gasteiger partial charge in [0, 0.05) is 28.8 Å². The molecule has 3 aromatic rings. The van der Waals surface area contributed by atoms with E-state index >= 15 is 0 Å². The maximum Gasteiger partial charge on any atom is 0.123 e. The summed E-state index contributed by atoms with van der Waals surface area (Å²) < 4.78 is 2.19. The summed E-state index contributed by atoms with van der Waals surface area (Å²) in [6, 6.07) is 6.34. The van der Waals surface area contributed by atoms with Gasteiger partial charge in [0.25, 0.3) is 0 Å². The van der Waals surface area contributed by atoms with Gasteiger partial charge in [-0.1, -0.05) is 41.5 Å². The highest BCUT2D eigenvalue weighted by atomic mass is 32.2. The molecule has 0 saturated carbocycles. The summed E-state index contributed by atoms with van der Waals surface area (Å²) in [5.74, 6) is 1.46. The van der Waals surface area contributed by atoms with Gasteiger partial charge in [-0.05, 0) is 41.2 Å². The van der Waals surface area contributed by atoms with Crippen molar-refractivity contribution in [2.75, 3.05) is 5.75 Å². The molecule has 0 radical (unpaired) electrons. The van der Waals surface area contributed by atoms with E-state index in [4.69, 9.17) is 0 Å². The lowest BCUT2D eigenvalue weighted by atomic mass is 9.79. The Labute approximate surface area is 172 Å². The first-order chi connectivity index (χ1) is 13.1. The SMILES string of the molecule is CC(C)(C)c1cc(SCCCn2cnc3cnccc32)cc(C(C)(C)C)c1O. The second-order valence-corrected chi connectivity index (χ2v) is 10.5. The summed E-state index contributed by atoms with van der Waals surface area (Å²) in [6.45, 7) is 13.9. The quantitative estimate of drug-likeness (QED) is 0.429. The van der Waals surface area contributed by atoms with Crippen LogP contribution in [0, 0.1) is 0 Å². The van der Waals surface area contributed by atoms with Gasteiger partial charge in [-0.25, -0.2) is 4.98 Å². The Morgan fingerprint density at radius 1 is 1.04 bits per heavy atom. The molecule has 0 aliphatic carbocycles. The number of aromatic hydroxyl groups is 1. The molecule has 5 heteroatoms. The summed E-state index contributed by atoms with van der Waals surface area (Å²) in [7, 11) is 0. The molecule has 2 aromatic heterocycles. The molecule has 0 unspecified atom stereocenters. The average molecular weight is 398 g/mol. The van der Waals surface area contributed by atoms with Crippen molar-refractivity contribution in [1.29, 1.82) is 0 Å². The Balaban J connectivity index is 1.73. The highest BCUT2D eigenvalue weighted by Crippen LogP contribution is 2.41. The van der Waals surface area contributed by atoms with E-state index in [9.17, 15) is 5.11 Å². The second kappa shape index (κ2) is 7.78. The van der Waals surface area contributed by atoms with E-state index in [2.05, 4.69) is 68.2 Å². The summed E-state index contributed by atoms with van der Waals surface area (Å²) in [5, 5.41) is 10.9. The number of pyridine rings is 1. The van der Waals surface area contributed by atoms with E-state index in [1.54, 1.807) is 6.20 Å². The monoisotopic (exact) mass is 397 g/mol. The summed E-state index contributed by atoms with van der Waals surface area (Å²) >= 11 is 1.86. The lowest BCUT2D eigenvalue weighted by molar-refractivity contribution is 0.422. The minimum absolute atomic E-state index is 0.0928. The number of fused-ring (bicyclic) bond motifs is 1. The summed E-state index contributed by atoms with van der Waals surface area (Å²) in [6.07, 6.45) is 6.56. The zero-order valence-electron chi connectivity index (χ0n) is 17.8. The molecule has 150 valence electrons. The van der Waals surface area contributed by atoms with Crippen LogP contribution >= 0.6 is 11.8 Å². The number of imidazole rings is 1. The molecule has 0 aliphatic heterocycles. The number of benzene rings is 1. The van der Waals surface area contributed by atoms with Gasteiger partial charge in [-0.3, -0.25) is 4.98 Å². The molecule has 0 fully saturated rings. The largest absolute Gasteiger partial charge is 0.507 e. The van der Waals surface area contributed by atoms with Crippen molar-refractivity contribution in [2.45, 2.75) is 70.2 Å². The van der Waals surface area contributed by atoms with E-state index in [0.29, 0.717) is 5.75 Å². The zero-order valence-corrected chi connectivity index (χ0v) is 18.6. The third kappa shape index (κ3) is 4.52. The van der Waals surface area contributed by atoms with Crippen molar-refractivity contribution in [3.05, 3.63) is 48.0 Å². The van der Waals surface area contributed by atoms with Crippen LogP contribution in [0.25, 0.3) is 11.0 Å². The number of phenolic OH excluding ortho intramolecular Hbond substituents is 1. The number of phenols is 1. The van der Waals surface area contributed by atoms with Crippen LogP contribution < -0.4 is 0 Å². The number of hydrogen-bond acceptors (Lipinski definition) is 4. The Bertz CT molecular complexity index is 929. The highest BCUT2D eigenvalue weighted by molar-refractivity contribution is 7.99. The van der Waals surface area contributed by atoms with Gasteiger partial charge in [0.2, 0.25) is 0 Å². The van der Waals surface area contributed by atoms with E-state index in [1.807, 2.05) is 30.4 Å². The normalized spacial score (nSPS) is 12.6. The number of nitrogens with zero attached hydrogens (tertiary/aromatic N) is 3. The Kier molecular flexibility index (Phi) is 5.76. The van der Waals surface area contributed by atoms with Crippen LogP contribution in [-0.2, 0) is 17.4 Å². The molecule has 0 spiro atoms. The lowest BCUT2D eigenvalue weighted by Gasteiger charge is -2.28. The summed E-state index contributed by atoms with van der Waals surface area (Å²) in [4.78, 5) is 9.76. The molecule has 0 aliphatic rings. The molecular weight excluding hydrogens is 366 g/mol. The third-order valence-corrected chi connectivity index (χ3v) is 6.00. The van der Waals surface area contributed by atoms with Crippen LogP contribution in [0.2, 0.25) is 0 Å². The van der Waals surface area contributed by atoms with Crippen molar-refractivity contribution in [1.82, 2.24) is 14.5 Å². The number of aryl methyl sites for hydroxylation is 1. The van der Waals surface area contributed by atoms with Gasteiger partial charge in [0.15, 0.2) is 0 Å². The second-order valence-electron chi connectivity index (χ2n) is 9.37. The van der Waals surface area contributed by atoms with Gasteiger partial charge in [0.1, 0.15) is 11.3 Å². The molecule has 0 atom stereocenters. The first-order valence-corrected chi connectivity index (χ1v) is 10.8. The fourth-order valence-corrected chi connectivity index (χ4v) is 4.26. The Morgan fingerprint density at radius 3 is 2.29 bits per heavy atom. The van der Waals surface area contributed by atoms with Crippen molar-refractivity contribution in [3.63, 3.8) is 0 Å². The minimum Gasteiger partial charge on any atom is -0.507 e. The predicted octanol–water partition coefficient (Wildman–Crippen LogP) is 5.91. The lowest BCUT2D eigenvalue weighted by Crippen LogP contribution is -2.17.